The van der Waals surface area contributed by atoms with Gasteiger partial charge in [-0.15, -0.1) is 0 Å². The van der Waals surface area contributed by atoms with Crippen molar-refractivity contribution in [2.24, 2.45) is 0 Å². The zero-order chi connectivity index (χ0) is 16.2. The summed E-state index contributed by atoms with van der Waals surface area (Å²) in [7, 11) is 0. The Balaban J connectivity index is 1.48. The first-order valence-corrected chi connectivity index (χ1v) is 7.69. The highest BCUT2D eigenvalue weighted by Gasteiger charge is 2.25. The van der Waals surface area contributed by atoms with E-state index in [2.05, 4.69) is 10.3 Å². The van der Waals surface area contributed by atoms with Gasteiger partial charge in [0.2, 0.25) is 5.91 Å². The summed E-state index contributed by atoms with van der Waals surface area (Å²) in [5.41, 5.74) is 1.53. The first-order chi connectivity index (χ1) is 11.1. The molecule has 1 fully saturated rings. The quantitative estimate of drug-likeness (QED) is 0.881. The van der Waals surface area contributed by atoms with Crippen LogP contribution in [0.15, 0.2) is 41.5 Å². The molecule has 1 aromatic heterocycles. The van der Waals surface area contributed by atoms with Gasteiger partial charge in [0.15, 0.2) is 0 Å². The van der Waals surface area contributed by atoms with Crippen molar-refractivity contribution in [2.75, 3.05) is 6.54 Å². The highest BCUT2D eigenvalue weighted by Crippen LogP contribution is 2.38. The van der Waals surface area contributed by atoms with E-state index in [-0.39, 0.29) is 23.7 Å². The van der Waals surface area contributed by atoms with Crippen LogP contribution in [0.4, 0.5) is 4.39 Å². The molecule has 0 radical (unpaired) electrons. The number of carbonyl (C=O) groups is 1. The van der Waals surface area contributed by atoms with Gasteiger partial charge in [0.1, 0.15) is 5.82 Å². The average molecular weight is 315 g/mol. The summed E-state index contributed by atoms with van der Waals surface area (Å²) < 4.78 is 14.3. The van der Waals surface area contributed by atoms with E-state index in [9.17, 15) is 14.0 Å². The summed E-state index contributed by atoms with van der Waals surface area (Å²) in [5.74, 6) is -0.0318. The Morgan fingerprint density at radius 3 is 2.70 bits per heavy atom. The standard InChI is InChI=1S/C17H18FN3O2/c18-14-5-1-12(2-6-14)9-16(22)19-7-8-21-11-20-15(10-17(21)23)13-3-4-13/h1-2,5-6,10-11,13H,3-4,7-9H2,(H,19,22). The normalized spacial score (nSPS) is 13.8. The van der Waals surface area contributed by atoms with Crippen LogP contribution in [0.1, 0.15) is 30.0 Å². The largest absolute Gasteiger partial charge is 0.354 e. The molecular weight excluding hydrogens is 297 g/mol. The molecule has 120 valence electrons. The third-order valence-electron chi connectivity index (χ3n) is 3.85. The third kappa shape index (κ3) is 4.25. The lowest BCUT2D eigenvalue weighted by molar-refractivity contribution is -0.120. The lowest BCUT2D eigenvalue weighted by Crippen LogP contribution is -2.31. The van der Waals surface area contributed by atoms with E-state index < -0.39 is 0 Å². The fourth-order valence-electron chi connectivity index (χ4n) is 2.38. The van der Waals surface area contributed by atoms with E-state index in [4.69, 9.17) is 0 Å². The molecule has 0 saturated heterocycles. The molecule has 0 bridgehead atoms. The second-order valence-corrected chi connectivity index (χ2v) is 5.77. The summed E-state index contributed by atoms with van der Waals surface area (Å²) in [5, 5.41) is 2.75. The van der Waals surface area contributed by atoms with Crippen molar-refractivity contribution in [2.45, 2.75) is 31.7 Å². The number of benzene rings is 1. The Bertz CT molecular complexity index is 751. The molecular formula is C17H18FN3O2. The molecule has 0 unspecified atom stereocenters. The van der Waals surface area contributed by atoms with E-state index in [1.807, 2.05) is 0 Å². The predicted octanol–water partition coefficient (Wildman–Crippen LogP) is 1.62. The molecule has 1 amide bonds. The van der Waals surface area contributed by atoms with Crippen molar-refractivity contribution in [3.05, 3.63) is 64.1 Å². The first-order valence-electron chi connectivity index (χ1n) is 7.69. The molecule has 3 rings (SSSR count). The molecule has 1 heterocycles. The molecule has 23 heavy (non-hydrogen) atoms. The summed E-state index contributed by atoms with van der Waals surface area (Å²) in [6, 6.07) is 7.41. The molecule has 5 nitrogen and oxygen atoms in total. The van der Waals surface area contributed by atoms with Crippen LogP contribution in [0.25, 0.3) is 0 Å². The van der Waals surface area contributed by atoms with Crippen molar-refractivity contribution in [3.8, 4) is 0 Å². The number of nitrogens with one attached hydrogen (secondary N) is 1. The van der Waals surface area contributed by atoms with Crippen LogP contribution in [0, 0.1) is 5.82 Å². The van der Waals surface area contributed by atoms with Gasteiger partial charge in [0, 0.05) is 25.1 Å². The maximum absolute atomic E-state index is 12.8. The van der Waals surface area contributed by atoms with Gasteiger partial charge in [-0.1, -0.05) is 12.1 Å². The van der Waals surface area contributed by atoms with Crippen LogP contribution < -0.4 is 10.9 Å². The van der Waals surface area contributed by atoms with Gasteiger partial charge in [0.25, 0.3) is 5.56 Å². The maximum Gasteiger partial charge on any atom is 0.253 e. The zero-order valence-corrected chi connectivity index (χ0v) is 12.7. The Kier molecular flexibility index (Phi) is 4.50. The third-order valence-corrected chi connectivity index (χ3v) is 3.85. The van der Waals surface area contributed by atoms with Crippen LogP contribution in [0.3, 0.4) is 0 Å². The summed E-state index contributed by atoms with van der Waals surface area (Å²) in [6.45, 7) is 0.732. The van der Waals surface area contributed by atoms with Gasteiger partial charge in [-0.3, -0.25) is 14.2 Å². The number of nitrogens with zero attached hydrogens (tertiary/aromatic N) is 2. The molecule has 1 aromatic carbocycles. The molecule has 2 aromatic rings. The number of hydrogen-bond donors (Lipinski definition) is 1. The molecule has 6 heteroatoms. The van der Waals surface area contributed by atoms with E-state index in [0.717, 1.165) is 24.1 Å². The Hall–Kier alpha value is -2.50. The minimum Gasteiger partial charge on any atom is -0.354 e. The monoisotopic (exact) mass is 315 g/mol. The van der Waals surface area contributed by atoms with Gasteiger partial charge >= 0.3 is 0 Å². The van der Waals surface area contributed by atoms with Crippen LogP contribution in [0.2, 0.25) is 0 Å². The Morgan fingerprint density at radius 1 is 1.30 bits per heavy atom. The van der Waals surface area contributed by atoms with Gasteiger partial charge < -0.3 is 5.32 Å². The van der Waals surface area contributed by atoms with Crippen LogP contribution >= 0.6 is 0 Å². The van der Waals surface area contributed by atoms with Crippen molar-refractivity contribution >= 4 is 5.91 Å². The van der Waals surface area contributed by atoms with E-state index in [0.29, 0.717) is 19.0 Å². The topological polar surface area (TPSA) is 64.0 Å². The lowest BCUT2D eigenvalue weighted by atomic mass is 10.1. The highest BCUT2D eigenvalue weighted by molar-refractivity contribution is 5.78. The predicted molar refractivity (Wildman–Crippen MR) is 83.6 cm³/mol. The average Bonchev–Trinajstić information content (AvgIpc) is 3.36. The van der Waals surface area contributed by atoms with Gasteiger partial charge in [0.05, 0.1) is 18.4 Å². The van der Waals surface area contributed by atoms with Crippen molar-refractivity contribution < 1.29 is 9.18 Å². The van der Waals surface area contributed by atoms with Gasteiger partial charge in [-0.05, 0) is 30.5 Å². The number of amides is 1. The molecule has 0 atom stereocenters. The summed E-state index contributed by atoms with van der Waals surface area (Å²) in [4.78, 5) is 28.1. The van der Waals surface area contributed by atoms with Gasteiger partial charge in [-0.2, -0.15) is 0 Å². The lowest BCUT2D eigenvalue weighted by Gasteiger charge is -2.08. The smallest absolute Gasteiger partial charge is 0.253 e. The highest BCUT2D eigenvalue weighted by atomic mass is 19.1. The summed E-state index contributed by atoms with van der Waals surface area (Å²) in [6.07, 6.45) is 3.95. The molecule has 0 spiro atoms. The number of halogens is 1. The van der Waals surface area contributed by atoms with Gasteiger partial charge in [-0.25, -0.2) is 9.37 Å². The molecule has 1 N–H and O–H groups in total. The molecule has 1 aliphatic rings. The number of hydrogen-bond acceptors (Lipinski definition) is 3. The number of rotatable bonds is 6. The van der Waals surface area contributed by atoms with E-state index in [1.54, 1.807) is 24.5 Å². The second kappa shape index (κ2) is 6.73. The van der Waals surface area contributed by atoms with Crippen molar-refractivity contribution in [3.63, 3.8) is 0 Å². The second-order valence-electron chi connectivity index (χ2n) is 5.77. The number of carbonyl (C=O) groups excluding carboxylic acids is 1. The molecule has 0 aliphatic heterocycles. The van der Waals surface area contributed by atoms with E-state index >= 15 is 0 Å². The molecule has 1 saturated carbocycles. The van der Waals surface area contributed by atoms with Crippen LogP contribution in [-0.2, 0) is 17.8 Å². The fourth-order valence-corrected chi connectivity index (χ4v) is 2.38. The fraction of sp³-hybridized carbons (Fsp3) is 0.353. The Morgan fingerprint density at radius 2 is 2.04 bits per heavy atom. The number of aromatic nitrogens is 2. The Labute approximate surface area is 133 Å². The maximum atomic E-state index is 12.8. The van der Waals surface area contributed by atoms with Crippen LogP contribution in [0.5, 0.6) is 0 Å². The van der Waals surface area contributed by atoms with Crippen LogP contribution in [-0.4, -0.2) is 22.0 Å². The molecule has 1 aliphatic carbocycles. The van der Waals surface area contributed by atoms with Crippen molar-refractivity contribution in [1.29, 1.82) is 0 Å². The minimum atomic E-state index is -0.323. The first kappa shape index (κ1) is 15.4. The zero-order valence-electron chi connectivity index (χ0n) is 12.7. The van der Waals surface area contributed by atoms with Crippen molar-refractivity contribution in [1.82, 2.24) is 14.9 Å². The summed E-state index contributed by atoms with van der Waals surface area (Å²) >= 11 is 0. The SMILES string of the molecule is O=C(Cc1ccc(F)cc1)NCCn1cnc(C2CC2)cc1=O. The van der Waals surface area contributed by atoms with E-state index in [1.165, 1.54) is 16.7 Å². The minimum absolute atomic E-state index is 0.0883.